The summed E-state index contributed by atoms with van der Waals surface area (Å²) < 4.78 is 21.5. The van der Waals surface area contributed by atoms with Crippen LogP contribution in [0.3, 0.4) is 0 Å². The van der Waals surface area contributed by atoms with Crippen LogP contribution >= 0.6 is 0 Å². The second-order valence-corrected chi connectivity index (χ2v) is 3.69. The van der Waals surface area contributed by atoms with Gasteiger partial charge < -0.3 is 9.47 Å². The van der Waals surface area contributed by atoms with E-state index < -0.39 is 18.6 Å². The summed E-state index contributed by atoms with van der Waals surface area (Å²) in [6.07, 6.45) is 1.28. The highest BCUT2D eigenvalue weighted by atomic mass is 19.1. The number of carbonyl (C=O) groups is 2. The molecular weight excluding hydrogens is 251 g/mol. The van der Waals surface area contributed by atoms with Crippen LogP contribution in [-0.4, -0.2) is 25.2 Å². The molecule has 0 aliphatic carbocycles. The molecule has 0 saturated carbocycles. The van der Waals surface area contributed by atoms with Crippen molar-refractivity contribution >= 4 is 11.9 Å². The van der Waals surface area contributed by atoms with Crippen molar-refractivity contribution in [1.29, 1.82) is 0 Å². The fourth-order valence-corrected chi connectivity index (χ4v) is 1.25. The lowest BCUT2D eigenvalue weighted by Crippen LogP contribution is -2.07. The lowest BCUT2D eigenvalue weighted by atomic mass is 10.1. The van der Waals surface area contributed by atoms with Gasteiger partial charge in [0.25, 0.3) is 0 Å². The highest BCUT2D eigenvalue weighted by Gasteiger charge is 2.07. The first kappa shape index (κ1) is 14.9. The molecule has 0 bridgehead atoms. The van der Waals surface area contributed by atoms with E-state index in [1.165, 1.54) is 0 Å². The molecule has 0 unspecified atom stereocenters. The molecule has 5 heteroatoms. The summed E-state index contributed by atoms with van der Waals surface area (Å²) in [6, 6.07) is 6.44. The minimum atomic E-state index is -0.513. The second kappa shape index (κ2) is 8.02. The van der Waals surface area contributed by atoms with Gasteiger partial charge in [-0.05, 0) is 17.7 Å². The van der Waals surface area contributed by atoms with Crippen LogP contribution in [0.1, 0.15) is 22.3 Å². The average Bonchev–Trinajstić information content (AvgIpc) is 2.45. The molecular formula is C14H15FO4. The van der Waals surface area contributed by atoms with Crippen molar-refractivity contribution in [3.05, 3.63) is 48.0 Å². The minimum Gasteiger partial charge on any atom is -0.462 e. The lowest BCUT2D eigenvalue weighted by molar-refractivity contribution is -0.138. The molecule has 0 aromatic heterocycles. The number of hydrogen-bond donors (Lipinski definition) is 0. The number of carbonyl (C=O) groups excluding carboxylic acids is 2. The largest absolute Gasteiger partial charge is 0.462 e. The molecule has 0 aliphatic rings. The summed E-state index contributed by atoms with van der Waals surface area (Å²) >= 11 is 0. The Morgan fingerprint density at radius 3 is 2.47 bits per heavy atom. The number of alkyl halides is 1. The summed E-state index contributed by atoms with van der Waals surface area (Å²) in [4.78, 5) is 22.4. The topological polar surface area (TPSA) is 52.6 Å². The molecule has 4 nitrogen and oxygen atoms in total. The number of hydrogen-bond acceptors (Lipinski definition) is 4. The standard InChI is InChI=1S/C14H15FO4/c1-2-13(16)19-10-11-4-6-12(7-5-11)14(17)18-9-3-8-15/h2,4-7H,1,3,8-10H2. The van der Waals surface area contributed by atoms with Gasteiger partial charge in [-0.15, -0.1) is 0 Å². The molecule has 1 rings (SSSR count). The van der Waals surface area contributed by atoms with Crippen LogP contribution in [0.5, 0.6) is 0 Å². The van der Waals surface area contributed by atoms with E-state index in [4.69, 9.17) is 9.47 Å². The van der Waals surface area contributed by atoms with Crippen molar-refractivity contribution in [3.63, 3.8) is 0 Å². The van der Waals surface area contributed by atoms with Crippen LogP contribution in [0, 0.1) is 0 Å². The highest BCUT2D eigenvalue weighted by molar-refractivity contribution is 5.89. The zero-order valence-electron chi connectivity index (χ0n) is 10.4. The third-order valence-corrected chi connectivity index (χ3v) is 2.25. The molecule has 0 N–H and O–H groups in total. The van der Waals surface area contributed by atoms with Gasteiger partial charge in [-0.3, -0.25) is 4.39 Å². The maximum absolute atomic E-state index is 11.8. The number of halogens is 1. The van der Waals surface area contributed by atoms with E-state index in [2.05, 4.69) is 6.58 Å². The van der Waals surface area contributed by atoms with Crippen LogP contribution in [-0.2, 0) is 20.9 Å². The van der Waals surface area contributed by atoms with Gasteiger partial charge in [0.1, 0.15) is 6.61 Å². The molecule has 0 saturated heterocycles. The monoisotopic (exact) mass is 266 g/mol. The van der Waals surface area contributed by atoms with E-state index in [1.807, 2.05) is 0 Å². The van der Waals surface area contributed by atoms with Crippen molar-refractivity contribution in [1.82, 2.24) is 0 Å². The van der Waals surface area contributed by atoms with Crippen LogP contribution < -0.4 is 0 Å². The molecule has 102 valence electrons. The summed E-state index contributed by atoms with van der Waals surface area (Å²) in [7, 11) is 0. The summed E-state index contributed by atoms with van der Waals surface area (Å²) in [5.74, 6) is -1.00. The maximum atomic E-state index is 11.8. The van der Waals surface area contributed by atoms with E-state index in [0.29, 0.717) is 5.56 Å². The number of benzene rings is 1. The SMILES string of the molecule is C=CC(=O)OCc1ccc(C(=O)OCCCF)cc1. The van der Waals surface area contributed by atoms with Gasteiger partial charge in [-0.25, -0.2) is 9.59 Å². The maximum Gasteiger partial charge on any atom is 0.338 e. The summed E-state index contributed by atoms with van der Waals surface area (Å²) in [6.45, 7) is 2.95. The van der Waals surface area contributed by atoms with Crippen molar-refractivity contribution in [3.8, 4) is 0 Å². The van der Waals surface area contributed by atoms with Gasteiger partial charge in [0.05, 0.1) is 18.8 Å². The van der Waals surface area contributed by atoms with Gasteiger partial charge in [0.2, 0.25) is 0 Å². The molecule has 1 aromatic rings. The Morgan fingerprint density at radius 1 is 1.21 bits per heavy atom. The van der Waals surface area contributed by atoms with Gasteiger partial charge in [-0.1, -0.05) is 18.7 Å². The average molecular weight is 266 g/mol. The lowest BCUT2D eigenvalue weighted by Gasteiger charge is -2.05. The van der Waals surface area contributed by atoms with Crippen LogP contribution in [0.4, 0.5) is 4.39 Å². The van der Waals surface area contributed by atoms with Crippen LogP contribution in [0.15, 0.2) is 36.9 Å². The van der Waals surface area contributed by atoms with E-state index in [9.17, 15) is 14.0 Å². The zero-order chi connectivity index (χ0) is 14.1. The molecule has 0 spiro atoms. The first-order valence-corrected chi connectivity index (χ1v) is 5.78. The molecule has 0 heterocycles. The smallest absolute Gasteiger partial charge is 0.338 e. The van der Waals surface area contributed by atoms with E-state index in [1.54, 1.807) is 24.3 Å². The molecule has 0 atom stereocenters. The third-order valence-electron chi connectivity index (χ3n) is 2.25. The first-order chi connectivity index (χ1) is 9.17. The van der Waals surface area contributed by atoms with Gasteiger partial charge in [-0.2, -0.15) is 0 Å². The van der Waals surface area contributed by atoms with Gasteiger partial charge in [0.15, 0.2) is 0 Å². The quantitative estimate of drug-likeness (QED) is 0.432. The Hall–Kier alpha value is -2.17. The minimum absolute atomic E-state index is 0.0635. The molecule has 0 radical (unpaired) electrons. The second-order valence-electron chi connectivity index (χ2n) is 3.69. The molecule has 1 aromatic carbocycles. The van der Waals surface area contributed by atoms with Crippen molar-refractivity contribution in [2.75, 3.05) is 13.3 Å². The molecule has 0 fully saturated rings. The van der Waals surface area contributed by atoms with E-state index in [0.717, 1.165) is 11.6 Å². The Balaban J connectivity index is 2.48. The predicted octanol–water partition coefficient (Wildman–Crippen LogP) is 2.43. The van der Waals surface area contributed by atoms with Gasteiger partial charge >= 0.3 is 11.9 Å². The molecule has 0 amide bonds. The normalized spacial score (nSPS) is 9.74. The Bertz CT molecular complexity index is 439. The fraction of sp³-hybridized carbons (Fsp3) is 0.286. The van der Waals surface area contributed by atoms with E-state index in [-0.39, 0.29) is 19.6 Å². The zero-order valence-corrected chi connectivity index (χ0v) is 10.4. The molecule has 19 heavy (non-hydrogen) atoms. The Kier molecular flexibility index (Phi) is 6.29. The molecule has 0 aliphatic heterocycles. The van der Waals surface area contributed by atoms with Crippen LogP contribution in [0.2, 0.25) is 0 Å². The van der Waals surface area contributed by atoms with Gasteiger partial charge in [0, 0.05) is 12.5 Å². The van der Waals surface area contributed by atoms with Crippen molar-refractivity contribution < 1.29 is 23.5 Å². The number of esters is 2. The summed E-state index contributed by atoms with van der Waals surface area (Å²) in [5, 5.41) is 0. The van der Waals surface area contributed by atoms with Crippen LogP contribution in [0.25, 0.3) is 0 Å². The first-order valence-electron chi connectivity index (χ1n) is 5.78. The summed E-state index contributed by atoms with van der Waals surface area (Å²) in [5.41, 5.74) is 1.12. The Morgan fingerprint density at radius 2 is 1.89 bits per heavy atom. The number of ether oxygens (including phenoxy) is 2. The highest BCUT2D eigenvalue weighted by Crippen LogP contribution is 2.07. The Labute approximate surface area is 110 Å². The number of rotatable bonds is 7. The van der Waals surface area contributed by atoms with E-state index >= 15 is 0 Å². The third kappa shape index (κ3) is 5.33. The fourth-order valence-electron chi connectivity index (χ4n) is 1.25. The van der Waals surface area contributed by atoms with Crippen molar-refractivity contribution in [2.45, 2.75) is 13.0 Å². The van der Waals surface area contributed by atoms with Crippen molar-refractivity contribution in [2.24, 2.45) is 0 Å². The predicted molar refractivity (Wildman–Crippen MR) is 67.3 cm³/mol.